The Balaban J connectivity index is 1.57. The molecule has 1 aromatic heterocycles. The predicted octanol–water partition coefficient (Wildman–Crippen LogP) is 5.27. The molecule has 32 heavy (non-hydrogen) atoms. The van der Waals surface area contributed by atoms with Crippen molar-refractivity contribution in [2.24, 2.45) is 0 Å². The molecule has 2 heterocycles. The highest BCUT2D eigenvalue weighted by molar-refractivity contribution is 7.22. The lowest BCUT2D eigenvalue weighted by atomic mass is 9.86. The smallest absolute Gasteiger partial charge is 0.260 e. The Bertz CT molecular complexity index is 1060. The lowest BCUT2D eigenvalue weighted by Crippen LogP contribution is -2.39. The third kappa shape index (κ3) is 5.37. The summed E-state index contributed by atoms with van der Waals surface area (Å²) in [7, 11) is 0. The van der Waals surface area contributed by atoms with Gasteiger partial charge in [0.05, 0.1) is 23.4 Å². The van der Waals surface area contributed by atoms with Crippen molar-refractivity contribution in [3.8, 4) is 0 Å². The molecule has 1 saturated heterocycles. The topological polar surface area (TPSA) is 45.7 Å². The van der Waals surface area contributed by atoms with Crippen molar-refractivity contribution >= 4 is 32.6 Å². The van der Waals surface area contributed by atoms with Crippen LogP contribution in [0.4, 0.5) is 5.13 Å². The van der Waals surface area contributed by atoms with Crippen molar-refractivity contribution in [3.63, 3.8) is 0 Å². The van der Waals surface area contributed by atoms with Crippen LogP contribution in [0.5, 0.6) is 0 Å². The third-order valence-electron chi connectivity index (χ3n) is 5.97. The first-order valence-electron chi connectivity index (χ1n) is 11.4. The molecule has 0 unspecified atom stereocenters. The highest BCUT2D eigenvalue weighted by Gasteiger charge is 2.23. The highest BCUT2D eigenvalue weighted by atomic mass is 32.1. The van der Waals surface area contributed by atoms with Gasteiger partial charge in [0.15, 0.2) is 5.13 Å². The monoisotopic (exact) mass is 451 g/mol. The summed E-state index contributed by atoms with van der Waals surface area (Å²) >= 11 is 1.60. The molecule has 2 aromatic carbocycles. The summed E-state index contributed by atoms with van der Waals surface area (Å²) in [4.78, 5) is 22.7. The second-order valence-electron chi connectivity index (χ2n) is 9.56. The standard InChI is InChI=1S/C26H33N3O2S/c1-19-6-11-22-23(18-19)32-25(27-22)29(13-5-12-28-14-16-31-17-15-28)24(30)20-7-9-21(10-8-20)26(2,3)4/h6-11,18H,5,12-17H2,1-4H3. The van der Waals surface area contributed by atoms with Crippen LogP contribution in [0.25, 0.3) is 10.2 Å². The summed E-state index contributed by atoms with van der Waals surface area (Å²) in [5, 5.41) is 0.775. The SMILES string of the molecule is Cc1ccc2nc(N(CCCN3CCOCC3)C(=O)c3ccc(C(C)(C)C)cc3)sc2c1. The second kappa shape index (κ2) is 9.69. The largest absolute Gasteiger partial charge is 0.379 e. The molecule has 170 valence electrons. The molecular weight excluding hydrogens is 418 g/mol. The van der Waals surface area contributed by atoms with Crippen molar-refractivity contribution in [1.29, 1.82) is 0 Å². The average molecular weight is 452 g/mol. The molecule has 0 aliphatic carbocycles. The maximum absolute atomic E-state index is 13.6. The number of thiazole rings is 1. The molecule has 0 spiro atoms. The van der Waals surface area contributed by atoms with Gasteiger partial charge in [-0.15, -0.1) is 0 Å². The van der Waals surface area contributed by atoms with E-state index < -0.39 is 0 Å². The van der Waals surface area contributed by atoms with Crippen LogP contribution in [-0.2, 0) is 10.2 Å². The zero-order valence-corrected chi connectivity index (χ0v) is 20.4. The fraction of sp³-hybridized carbons (Fsp3) is 0.462. The van der Waals surface area contributed by atoms with Crippen LogP contribution in [0.1, 0.15) is 48.7 Å². The number of carbonyl (C=O) groups excluding carboxylic acids is 1. The van der Waals surface area contributed by atoms with Crippen molar-refractivity contribution in [2.45, 2.75) is 39.5 Å². The van der Waals surface area contributed by atoms with Crippen LogP contribution in [0.2, 0.25) is 0 Å². The summed E-state index contributed by atoms with van der Waals surface area (Å²) in [6, 6.07) is 14.3. The number of nitrogens with zero attached hydrogens (tertiary/aromatic N) is 3. The Morgan fingerprint density at radius 3 is 2.53 bits per heavy atom. The first-order valence-corrected chi connectivity index (χ1v) is 12.2. The molecule has 6 heteroatoms. The Hall–Kier alpha value is -2.28. The molecule has 4 rings (SSSR count). The van der Waals surface area contributed by atoms with E-state index in [4.69, 9.17) is 9.72 Å². The molecule has 0 bridgehead atoms. The van der Waals surface area contributed by atoms with Crippen molar-refractivity contribution in [3.05, 3.63) is 59.2 Å². The van der Waals surface area contributed by atoms with E-state index in [0.29, 0.717) is 12.1 Å². The summed E-state index contributed by atoms with van der Waals surface area (Å²) in [5.41, 5.74) is 4.15. The maximum Gasteiger partial charge on any atom is 0.260 e. The summed E-state index contributed by atoms with van der Waals surface area (Å²) < 4.78 is 6.57. The summed E-state index contributed by atoms with van der Waals surface area (Å²) in [6.07, 6.45) is 0.904. The number of fused-ring (bicyclic) bond motifs is 1. The Labute approximate surface area is 195 Å². The Kier molecular flexibility index (Phi) is 6.93. The predicted molar refractivity (Wildman–Crippen MR) is 133 cm³/mol. The van der Waals surface area contributed by atoms with E-state index in [0.717, 1.165) is 54.6 Å². The molecule has 0 N–H and O–H groups in total. The van der Waals surface area contributed by atoms with Crippen molar-refractivity contribution in [1.82, 2.24) is 9.88 Å². The Morgan fingerprint density at radius 1 is 1.12 bits per heavy atom. The quantitative estimate of drug-likeness (QED) is 0.512. The van der Waals surface area contributed by atoms with Gasteiger partial charge < -0.3 is 4.74 Å². The molecule has 0 atom stereocenters. The lowest BCUT2D eigenvalue weighted by molar-refractivity contribution is 0.0376. The molecular formula is C26H33N3O2S. The van der Waals surface area contributed by atoms with E-state index in [1.165, 1.54) is 11.1 Å². The van der Waals surface area contributed by atoms with Gasteiger partial charge in [0.1, 0.15) is 0 Å². The van der Waals surface area contributed by atoms with E-state index in [2.05, 4.69) is 56.9 Å². The number of rotatable bonds is 6. The molecule has 5 nitrogen and oxygen atoms in total. The van der Waals surface area contributed by atoms with Crippen LogP contribution in [-0.4, -0.2) is 55.2 Å². The van der Waals surface area contributed by atoms with Gasteiger partial charge in [0, 0.05) is 31.7 Å². The number of aromatic nitrogens is 1. The number of hydrogen-bond acceptors (Lipinski definition) is 5. The van der Waals surface area contributed by atoms with Crippen LogP contribution in [0, 0.1) is 6.92 Å². The van der Waals surface area contributed by atoms with Crippen LogP contribution >= 0.6 is 11.3 Å². The van der Waals surface area contributed by atoms with Gasteiger partial charge in [-0.3, -0.25) is 14.6 Å². The number of benzene rings is 2. The normalized spacial score (nSPS) is 15.2. The zero-order chi connectivity index (χ0) is 22.7. The van der Waals surface area contributed by atoms with Gasteiger partial charge in [0.2, 0.25) is 0 Å². The van der Waals surface area contributed by atoms with Crippen LogP contribution in [0.3, 0.4) is 0 Å². The highest BCUT2D eigenvalue weighted by Crippen LogP contribution is 2.31. The molecule has 0 radical (unpaired) electrons. The minimum absolute atomic E-state index is 0.0169. The van der Waals surface area contributed by atoms with Crippen molar-refractivity contribution in [2.75, 3.05) is 44.3 Å². The van der Waals surface area contributed by atoms with Gasteiger partial charge in [0.25, 0.3) is 5.91 Å². The van der Waals surface area contributed by atoms with Crippen LogP contribution in [0.15, 0.2) is 42.5 Å². The van der Waals surface area contributed by atoms with Gasteiger partial charge in [-0.25, -0.2) is 4.98 Å². The fourth-order valence-electron chi connectivity index (χ4n) is 3.97. The number of aryl methyl sites for hydroxylation is 1. The number of carbonyl (C=O) groups is 1. The van der Waals surface area contributed by atoms with Gasteiger partial charge in [-0.1, -0.05) is 50.3 Å². The number of morpholine rings is 1. The maximum atomic E-state index is 13.6. The fourth-order valence-corrected chi connectivity index (χ4v) is 5.05. The van der Waals surface area contributed by atoms with E-state index in [1.54, 1.807) is 11.3 Å². The van der Waals surface area contributed by atoms with E-state index >= 15 is 0 Å². The lowest BCUT2D eigenvalue weighted by Gasteiger charge is -2.28. The minimum atomic E-state index is 0.0169. The molecule has 3 aromatic rings. The van der Waals surface area contributed by atoms with E-state index in [1.807, 2.05) is 23.1 Å². The van der Waals surface area contributed by atoms with E-state index in [-0.39, 0.29) is 11.3 Å². The number of amides is 1. The summed E-state index contributed by atoms with van der Waals surface area (Å²) in [5.74, 6) is 0.0169. The molecule has 0 saturated carbocycles. The Morgan fingerprint density at radius 2 is 1.84 bits per heavy atom. The third-order valence-corrected chi connectivity index (χ3v) is 7.01. The first kappa shape index (κ1) is 22.9. The number of ether oxygens (including phenoxy) is 1. The first-order chi connectivity index (χ1) is 15.3. The minimum Gasteiger partial charge on any atom is -0.379 e. The van der Waals surface area contributed by atoms with Gasteiger partial charge in [-0.2, -0.15) is 0 Å². The molecule has 1 fully saturated rings. The zero-order valence-electron chi connectivity index (χ0n) is 19.6. The average Bonchev–Trinajstić information content (AvgIpc) is 3.19. The number of anilines is 1. The molecule has 1 aliphatic rings. The van der Waals surface area contributed by atoms with Crippen molar-refractivity contribution < 1.29 is 9.53 Å². The second-order valence-corrected chi connectivity index (χ2v) is 10.6. The molecule has 1 amide bonds. The number of hydrogen-bond donors (Lipinski definition) is 0. The van der Waals surface area contributed by atoms with Gasteiger partial charge >= 0.3 is 0 Å². The van der Waals surface area contributed by atoms with Gasteiger partial charge in [-0.05, 0) is 54.2 Å². The summed E-state index contributed by atoms with van der Waals surface area (Å²) in [6.45, 7) is 13.8. The van der Waals surface area contributed by atoms with E-state index in [9.17, 15) is 4.79 Å². The molecule has 1 aliphatic heterocycles. The van der Waals surface area contributed by atoms with Crippen LogP contribution < -0.4 is 4.90 Å².